The predicted octanol–water partition coefficient (Wildman–Crippen LogP) is 4.23. The van der Waals surface area contributed by atoms with E-state index in [1.54, 1.807) is 41.3 Å². The lowest BCUT2D eigenvalue weighted by Gasteiger charge is -2.04. The van der Waals surface area contributed by atoms with Crippen LogP contribution < -0.4 is 0 Å². The quantitative estimate of drug-likeness (QED) is 0.518. The molecule has 0 saturated carbocycles. The number of hydrogen-bond acceptors (Lipinski definition) is 5. The zero-order valence-electron chi connectivity index (χ0n) is 14.8. The Morgan fingerprint density at radius 3 is 2.36 bits per heavy atom. The first-order valence-corrected chi connectivity index (χ1v) is 8.81. The van der Waals surface area contributed by atoms with Gasteiger partial charge in [-0.1, -0.05) is 42.5 Å². The standard InChI is InChI=1S/C22H15N5O/c28-18-8-4-7-17(13-18)20-21(16-9-11-23-12-10-16)26-27-19(14-24-25-22(20)27)15-5-2-1-3-6-15/h1-14,28H. The van der Waals surface area contributed by atoms with E-state index in [0.29, 0.717) is 5.65 Å². The maximum Gasteiger partial charge on any atom is 0.186 e. The van der Waals surface area contributed by atoms with Crippen LogP contribution in [0.25, 0.3) is 39.3 Å². The highest BCUT2D eigenvalue weighted by Gasteiger charge is 2.20. The molecule has 3 aromatic heterocycles. The van der Waals surface area contributed by atoms with E-state index in [2.05, 4.69) is 15.2 Å². The number of nitrogens with zero attached hydrogens (tertiary/aromatic N) is 5. The molecule has 134 valence electrons. The van der Waals surface area contributed by atoms with Gasteiger partial charge in [0.05, 0.1) is 17.5 Å². The molecule has 0 radical (unpaired) electrons. The summed E-state index contributed by atoms with van der Waals surface area (Å²) in [6, 6.07) is 20.8. The molecule has 5 rings (SSSR count). The fraction of sp³-hybridized carbons (Fsp3) is 0. The molecule has 0 spiro atoms. The molecule has 0 fully saturated rings. The number of aromatic hydroxyl groups is 1. The molecule has 6 nitrogen and oxygen atoms in total. The molecule has 6 heteroatoms. The number of phenols is 1. The summed E-state index contributed by atoms with van der Waals surface area (Å²) in [7, 11) is 0. The summed E-state index contributed by atoms with van der Waals surface area (Å²) in [5.41, 5.74) is 5.76. The van der Waals surface area contributed by atoms with E-state index in [1.165, 1.54) is 0 Å². The molecule has 0 atom stereocenters. The van der Waals surface area contributed by atoms with Gasteiger partial charge in [-0.2, -0.15) is 10.2 Å². The van der Waals surface area contributed by atoms with Crippen molar-refractivity contribution >= 4 is 5.65 Å². The summed E-state index contributed by atoms with van der Waals surface area (Å²) < 4.78 is 1.80. The minimum atomic E-state index is 0.185. The van der Waals surface area contributed by atoms with Crippen LogP contribution in [-0.4, -0.2) is 29.9 Å². The fourth-order valence-corrected chi connectivity index (χ4v) is 3.31. The van der Waals surface area contributed by atoms with Gasteiger partial charge < -0.3 is 5.11 Å². The van der Waals surface area contributed by atoms with E-state index < -0.39 is 0 Å². The van der Waals surface area contributed by atoms with Crippen LogP contribution in [-0.2, 0) is 0 Å². The number of rotatable bonds is 3. The van der Waals surface area contributed by atoms with E-state index in [-0.39, 0.29) is 5.75 Å². The highest BCUT2D eigenvalue weighted by Crippen LogP contribution is 2.36. The molecular weight excluding hydrogens is 350 g/mol. The molecule has 5 aromatic rings. The zero-order chi connectivity index (χ0) is 18.9. The van der Waals surface area contributed by atoms with Crippen molar-refractivity contribution in [3.05, 3.63) is 85.3 Å². The molecule has 0 saturated heterocycles. The van der Waals surface area contributed by atoms with Crippen molar-refractivity contribution in [2.24, 2.45) is 0 Å². The minimum Gasteiger partial charge on any atom is -0.508 e. The summed E-state index contributed by atoms with van der Waals surface area (Å²) in [4.78, 5) is 4.10. The Hall–Kier alpha value is -4.06. The van der Waals surface area contributed by atoms with E-state index in [4.69, 9.17) is 5.10 Å². The monoisotopic (exact) mass is 365 g/mol. The van der Waals surface area contributed by atoms with Crippen LogP contribution in [0.5, 0.6) is 5.75 Å². The number of pyridine rings is 1. The van der Waals surface area contributed by atoms with Crippen molar-refractivity contribution in [1.29, 1.82) is 0 Å². The number of aromatic nitrogens is 5. The normalized spacial score (nSPS) is 11.0. The van der Waals surface area contributed by atoms with Crippen LogP contribution in [0.1, 0.15) is 0 Å². The van der Waals surface area contributed by atoms with Crippen molar-refractivity contribution in [3.8, 4) is 39.4 Å². The third kappa shape index (κ3) is 2.68. The van der Waals surface area contributed by atoms with Crippen molar-refractivity contribution in [2.75, 3.05) is 0 Å². The van der Waals surface area contributed by atoms with Crippen LogP contribution in [0.15, 0.2) is 85.3 Å². The second-order valence-electron chi connectivity index (χ2n) is 6.34. The second kappa shape index (κ2) is 6.59. The van der Waals surface area contributed by atoms with Crippen molar-refractivity contribution in [3.63, 3.8) is 0 Å². The number of benzene rings is 2. The Morgan fingerprint density at radius 1 is 0.786 bits per heavy atom. The first kappa shape index (κ1) is 16.1. The van der Waals surface area contributed by atoms with Crippen LogP contribution in [0, 0.1) is 0 Å². The van der Waals surface area contributed by atoms with E-state index >= 15 is 0 Å². The Morgan fingerprint density at radius 2 is 1.57 bits per heavy atom. The average Bonchev–Trinajstić information content (AvgIpc) is 3.15. The maximum atomic E-state index is 10.0. The predicted molar refractivity (Wildman–Crippen MR) is 107 cm³/mol. The molecule has 1 N–H and O–H groups in total. The Balaban J connectivity index is 1.86. The largest absolute Gasteiger partial charge is 0.508 e. The summed E-state index contributed by atoms with van der Waals surface area (Å²) in [5.74, 6) is 0.185. The van der Waals surface area contributed by atoms with Crippen LogP contribution >= 0.6 is 0 Å². The minimum absolute atomic E-state index is 0.185. The van der Waals surface area contributed by atoms with Crippen LogP contribution in [0.4, 0.5) is 0 Å². The van der Waals surface area contributed by atoms with Gasteiger partial charge in [0.2, 0.25) is 0 Å². The summed E-state index contributed by atoms with van der Waals surface area (Å²) >= 11 is 0. The highest BCUT2D eigenvalue weighted by molar-refractivity contribution is 5.91. The molecular formula is C22H15N5O. The average molecular weight is 365 g/mol. The van der Waals surface area contributed by atoms with Crippen molar-refractivity contribution < 1.29 is 5.11 Å². The second-order valence-corrected chi connectivity index (χ2v) is 6.34. The lowest BCUT2D eigenvalue weighted by Crippen LogP contribution is -1.98. The van der Waals surface area contributed by atoms with Crippen LogP contribution in [0.3, 0.4) is 0 Å². The smallest absolute Gasteiger partial charge is 0.186 e. The van der Waals surface area contributed by atoms with Gasteiger partial charge in [-0.05, 0) is 29.8 Å². The number of fused-ring (bicyclic) bond motifs is 1. The number of hydrogen-bond donors (Lipinski definition) is 1. The van der Waals surface area contributed by atoms with E-state index in [0.717, 1.165) is 33.6 Å². The fourth-order valence-electron chi connectivity index (χ4n) is 3.31. The Kier molecular flexibility index (Phi) is 3.80. The SMILES string of the molecule is Oc1cccc(-c2c(-c3ccncc3)nn3c(-c4ccccc4)cnnc23)c1. The lowest BCUT2D eigenvalue weighted by molar-refractivity contribution is 0.475. The molecule has 3 heterocycles. The molecule has 0 unspecified atom stereocenters. The van der Waals surface area contributed by atoms with Gasteiger partial charge in [-0.3, -0.25) is 4.98 Å². The first-order chi connectivity index (χ1) is 13.8. The zero-order valence-corrected chi connectivity index (χ0v) is 14.8. The summed E-state index contributed by atoms with van der Waals surface area (Å²) in [6.45, 7) is 0. The Labute approximate surface area is 160 Å². The van der Waals surface area contributed by atoms with Gasteiger partial charge in [-0.15, -0.1) is 5.10 Å². The third-order valence-corrected chi connectivity index (χ3v) is 4.58. The molecule has 0 aliphatic rings. The van der Waals surface area contributed by atoms with Crippen molar-refractivity contribution in [1.82, 2.24) is 24.8 Å². The third-order valence-electron chi connectivity index (χ3n) is 4.58. The topological polar surface area (TPSA) is 76.2 Å². The summed E-state index contributed by atoms with van der Waals surface area (Å²) in [5, 5.41) is 23.5. The lowest BCUT2D eigenvalue weighted by atomic mass is 10.0. The molecule has 0 aliphatic carbocycles. The molecule has 0 bridgehead atoms. The maximum absolute atomic E-state index is 10.0. The van der Waals surface area contributed by atoms with E-state index in [1.807, 2.05) is 48.5 Å². The van der Waals surface area contributed by atoms with E-state index in [9.17, 15) is 5.11 Å². The molecule has 0 aliphatic heterocycles. The van der Waals surface area contributed by atoms with Gasteiger partial charge in [0.1, 0.15) is 11.4 Å². The first-order valence-electron chi connectivity index (χ1n) is 8.81. The highest BCUT2D eigenvalue weighted by atomic mass is 16.3. The van der Waals surface area contributed by atoms with Crippen molar-refractivity contribution in [2.45, 2.75) is 0 Å². The van der Waals surface area contributed by atoms with Crippen LogP contribution in [0.2, 0.25) is 0 Å². The molecule has 0 amide bonds. The Bertz CT molecular complexity index is 1270. The van der Waals surface area contributed by atoms with Gasteiger partial charge in [0, 0.05) is 23.5 Å². The van der Waals surface area contributed by atoms with Gasteiger partial charge in [0.15, 0.2) is 5.65 Å². The molecule has 2 aromatic carbocycles. The van der Waals surface area contributed by atoms with Gasteiger partial charge in [0.25, 0.3) is 0 Å². The van der Waals surface area contributed by atoms with Gasteiger partial charge >= 0.3 is 0 Å². The molecule has 28 heavy (non-hydrogen) atoms. The van der Waals surface area contributed by atoms with Gasteiger partial charge in [-0.25, -0.2) is 4.52 Å². The summed E-state index contributed by atoms with van der Waals surface area (Å²) in [6.07, 6.45) is 5.17. The number of phenolic OH excluding ortho intramolecular Hbond substituents is 1.